The van der Waals surface area contributed by atoms with Crippen LogP contribution in [0, 0.1) is 11.8 Å². The Labute approximate surface area is 88.7 Å². The summed E-state index contributed by atoms with van der Waals surface area (Å²) in [5.41, 5.74) is 0. The number of hydrogen-bond donors (Lipinski definition) is 0. The van der Waals surface area contributed by atoms with Crippen LogP contribution in [0.1, 0.15) is 41.5 Å². The predicted octanol–water partition coefficient (Wildman–Crippen LogP) is 4.62. The van der Waals surface area contributed by atoms with E-state index in [-0.39, 0.29) is 0 Å². The van der Waals surface area contributed by atoms with Crippen molar-refractivity contribution in [1.82, 2.24) is 0 Å². The quantitative estimate of drug-likeness (QED) is 0.423. The first-order chi connectivity index (χ1) is 4.88. The van der Waals surface area contributed by atoms with E-state index in [4.69, 9.17) is 18.6 Å². The van der Waals surface area contributed by atoms with Crippen molar-refractivity contribution in [3.05, 3.63) is 11.8 Å². The molecule has 0 nitrogen and oxygen atoms in total. The van der Waals surface area contributed by atoms with Gasteiger partial charge in [-0.15, -0.1) is 0 Å². The third-order valence-electron chi connectivity index (χ3n) is 0. The van der Waals surface area contributed by atoms with Gasteiger partial charge in [-0.2, -0.15) is 41.5 Å². The maximum atomic E-state index is 4.89. The second-order valence-corrected chi connectivity index (χ2v) is 5.65. The molecule has 0 rings (SSSR count). The molecule has 0 aliphatic rings. The number of rotatable bonds is 0. The summed E-state index contributed by atoms with van der Waals surface area (Å²) in [4.78, 5) is 0. The Morgan fingerprint density at radius 1 is 0.727 bits per heavy atom. The molecule has 70 valence electrons. The van der Waals surface area contributed by atoms with Crippen LogP contribution in [0.4, 0.5) is 0 Å². The van der Waals surface area contributed by atoms with E-state index >= 15 is 0 Å². The van der Waals surface area contributed by atoms with Gasteiger partial charge in [0.2, 0.25) is 0 Å². The molecule has 0 aliphatic carbocycles. The standard InChI is InChI=1S/2C4H9.2ClH.Ti/c2*1-4(2)3;;;/h2*1-3H3;2*1H;/q2*-1;;;+2/p-2. The molecule has 0 spiro atoms. The second-order valence-electron chi connectivity index (χ2n) is 3.07. The van der Waals surface area contributed by atoms with Gasteiger partial charge < -0.3 is 11.8 Å². The van der Waals surface area contributed by atoms with Gasteiger partial charge in [-0.05, 0) is 0 Å². The monoisotopic (exact) mass is 232 g/mol. The van der Waals surface area contributed by atoms with Crippen molar-refractivity contribution in [1.29, 1.82) is 0 Å². The molecule has 0 aromatic heterocycles. The van der Waals surface area contributed by atoms with Gasteiger partial charge in [-0.25, -0.2) is 0 Å². The van der Waals surface area contributed by atoms with Crippen molar-refractivity contribution in [2.75, 3.05) is 0 Å². The Morgan fingerprint density at radius 2 is 0.727 bits per heavy atom. The summed E-state index contributed by atoms with van der Waals surface area (Å²) >= 11 is -0.556. The fraction of sp³-hybridized carbons (Fsp3) is 0.750. The Kier molecular flexibility index (Phi) is 28.7. The molecule has 3 heteroatoms. The van der Waals surface area contributed by atoms with Gasteiger partial charge in [-0.1, -0.05) is 0 Å². The first-order valence-electron chi connectivity index (χ1n) is 3.38. The van der Waals surface area contributed by atoms with Gasteiger partial charge >= 0.3 is 35.6 Å². The molecule has 0 aromatic carbocycles. The van der Waals surface area contributed by atoms with Gasteiger partial charge in [0, 0.05) is 0 Å². The average Bonchev–Trinajstić information content (AvgIpc) is 1.60. The first-order valence-corrected chi connectivity index (χ1v) is 7.68. The van der Waals surface area contributed by atoms with Gasteiger partial charge in [0.05, 0.1) is 0 Å². The number of halogens is 2. The van der Waals surface area contributed by atoms with Crippen LogP contribution in [0.3, 0.4) is 0 Å². The van der Waals surface area contributed by atoms with Crippen molar-refractivity contribution >= 4 is 18.6 Å². The molecule has 0 saturated carbocycles. The van der Waals surface area contributed by atoms with Crippen molar-refractivity contribution in [3.63, 3.8) is 0 Å². The molecule has 0 bridgehead atoms. The van der Waals surface area contributed by atoms with Crippen LogP contribution < -0.4 is 0 Å². The molecule has 0 unspecified atom stereocenters. The fourth-order valence-corrected chi connectivity index (χ4v) is 0. The fourth-order valence-electron chi connectivity index (χ4n) is 0. The first kappa shape index (κ1) is 18.2. The molecule has 0 fully saturated rings. The normalized spacial score (nSPS) is 7.82. The van der Waals surface area contributed by atoms with Crippen LogP contribution in [0.25, 0.3) is 0 Å². The topological polar surface area (TPSA) is 0 Å². The molecule has 0 saturated heterocycles. The summed E-state index contributed by atoms with van der Waals surface area (Å²) in [6, 6.07) is 0. The van der Waals surface area contributed by atoms with Crippen LogP contribution in [-0.2, 0) is 17.0 Å². The van der Waals surface area contributed by atoms with E-state index in [2.05, 4.69) is 41.5 Å². The van der Waals surface area contributed by atoms with Crippen molar-refractivity contribution in [2.24, 2.45) is 0 Å². The SMILES string of the molecule is C[C-](C)C.C[C-](C)C.[Cl][Ti][Cl]. The average molecular weight is 233 g/mol. The van der Waals surface area contributed by atoms with Gasteiger partial charge in [0.1, 0.15) is 0 Å². The summed E-state index contributed by atoms with van der Waals surface area (Å²) < 4.78 is 0. The van der Waals surface area contributed by atoms with E-state index in [1.807, 2.05) is 0 Å². The number of hydrogen-bond acceptors (Lipinski definition) is 0. The van der Waals surface area contributed by atoms with Crippen LogP contribution in [0.5, 0.6) is 0 Å². The van der Waals surface area contributed by atoms with E-state index in [0.29, 0.717) is 0 Å². The summed E-state index contributed by atoms with van der Waals surface area (Å²) in [5, 5.41) is 0. The molecule has 0 aromatic rings. The maximum absolute atomic E-state index is 4.89. The zero-order valence-electron chi connectivity index (χ0n) is 8.26. The van der Waals surface area contributed by atoms with E-state index in [1.54, 1.807) is 0 Å². The van der Waals surface area contributed by atoms with Crippen LogP contribution in [-0.4, -0.2) is 0 Å². The molecular formula is C8H18Cl2Ti-2. The van der Waals surface area contributed by atoms with E-state index in [0.717, 1.165) is 0 Å². The Balaban J connectivity index is -0.0000000886. The summed E-state index contributed by atoms with van der Waals surface area (Å²) in [6.45, 7) is 12.5. The van der Waals surface area contributed by atoms with Gasteiger partial charge in [0.15, 0.2) is 0 Å². The third-order valence-corrected chi connectivity index (χ3v) is 0. The van der Waals surface area contributed by atoms with E-state index < -0.39 is 17.0 Å². The predicted molar refractivity (Wildman–Crippen MR) is 52.2 cm³/mol. The minimum absolute atomic E-state index is 0.556. The van der Waals surface area contributed by atoms with E-state index in [1.165, 1.54) is 11.8 Å². The molecule has 0 N–H and O–H groups in total. The second kappa shape index (κ2) is 17.4. The zero-order valence-corrected chi connectivity index (χ0v) is 11.3. The zero-order chi connectivity index (χ0) is 9.86. The molecule has 0 heterocycles. The van der Waals surface area contributed by atoms with Crippen molar-refractivity contribution in [2.45, 2.75) is 41.5 Å². The third kappa shape index (κ3) is 582. The molecule has 0 atom stereocenters. The molecule has 0 aliphatic heterocycles. The van der Waals surface area contributed by atoms with Gasteiger partial charge in [0.25, 0.3) is 0 Å². The Bertz CT molecular complexity index is 35.8. The summed E-state index contributed by atoms with van der Waals surface area (Å²) in [7, 11) is 9.78. The summed E-state index contributed by atoms with van der Waals surface area (Å²) in [5.74, 6) is 2.83. The van der Waals surface area contributed by atoms with Crippen LogP contribution in [0.2, 0.25) is 0 Å². The van der Waals surface area contributed by atoms with Gasteiger partial charge in [-0.3, -0.25) is 0 Å². The van der Waals surface area contributed by atoms with Crippen molar-refractivity contribution < 1.29 is 17.0 Å². The van der Waals surface area contributed by atoms with Crippen molar-refractivity contribution in [3.8, 4) is 0 Å². The molecular weight excluding hydrogens is 215 g/mol. The van der Waals surface area contributed by atoms with Crippen LogP contribution in [0.15, 0.2) is 0 Å². The Hall–Kier alpha value is 1.29. The molecule has 11 heavy (non-hydrogen) atoms. The minimum atomic E-state index is -0.556. The summed E-state index contributed by atoms with van der Waals surface area (Å²) in [6.07, 6.45) is 0. The van der Waals surface area contributed by atoms with Crippen LogP contribution >= 0.6 is 18.6 Å². The molecule has 0 radical (unpaired) electrons. The van der Waals surface area contributed by atoms with E-state index in [9.17, 15) is 0 Å². The molecule has 0 amide bonds. The Morgan fingerprint density at radius 3 is 0.727 bits per heavy atom.